The van der Waals surface area contributed by atoms with Gasteiger partial charge in [-0.3, -0.25) is 4.90 Å². The van der Waals surface area contributed by atoms with Crippen molar-refractivity contribution < 1.29 is 18.3 Å². The number of sulfonamides is 1. The summed E-state index contributed by atoms with van der Waals surface area (Å²) in [5.74, 6) is 0.0508. The minimum atomic E-state index is -3.51. The van der Waals surface area contributed by atoms with Gasteiger partial charge in [-0.25, -0.2) is 17.9 Å². The van der Waals surface area contributed by atoms with Crippen molar-refractivity contribution in [1.29, 1.82) is 5.26 Å². The van der Waals surface area contributed by atoms with E-state index < -0.39 is 10.0 Å². The van der Waals surface area contributed by atoms with E-state index in [9.17, 15) is 23.6 Å². The monoisotopic (exact) mass is 516 g/mol. The number of nitriles is 1. The van der Waals surface area contributed by atoms with Gasteiger partial charge in [0.2, 0.25) is 10.0 Å². The number of phenolic OH excluding ortho intramolecular Hbond substituents is 1. The Morgan fingerprint density at radius 3 is 2.49 bits per heavy atom. The van der Waals surface area contributed by atoms with Gasteiger partial charge in [-0.1, -0.05) is 31.0 Å². The van der Waals surface area contributed by atoms with Crippen molar-refractivity contribution in [3.8, 4) is 22.9 Å². The van der Waals surface area contributed by atoms with Crippen LogP contribution >= 0.6 is 0 Å². The van der Waals surface area contributed by atoms with Crippen LogP contribution in [0.3, 0.4) is 0 Å². The second-order valence-corrected chi connectivity index (χ2v) is 11.5. The topological polar surface area (TPSA) is 123 Å². The zero-order valence-electron chi connectivity index (χ0n) is 20.5. The fourth-order valence-corrected chi connectivity index (χ4v) is 6.28. The summed E-state index contributed by atoms with van der Waals surface area (Å²) in [5.41, 5.74) is 4.72. The van der Waals surface area contributed by atoms with E-state index in [0.29, 0.717) is 12.1 Å². The van der Waals surface area contributed by atoms with E-state index in [1.807, 2.05) is 12.1 Å². The number of phenols is 1. The zero-order chi connectivity index (χ0) is 26.2. The molecule has 1 fully saturated rings. The number of aromatic hydroxyl groups is 1. The molecular formula is C28H28N4O4S. The molecule has 37 heavy (non-hydrogen) atoms. The third-order valence-corrected chi connectivity index (χ3v) is 8.94. The second kappa shape index (κ2) is 9.54. The highest BCUT2D eigenvalue weighted by Crippen LogP contribution is 2.51. The van der Waals surface area contributed by atoms with Gasteiger partial charge >= 0.3 is 6.03 Å². The molecule has 0 radical (unpaired) electrons. The molecule has 0 unspecified atom stereocenters. The average Bonchev–Trinajstić information content (AvgIpc) is 3.52. The number of hydrogen-bond acceptors (Lipinski definition) is 5. The number of benzene rings is 3. The molecule has 8 nitrogen and oxygen atoms in total. The van der Waals surface area contributed by atoms with Crippen molar-refractivity contribution in [2.45, 2.75) is 42.5 Å². The van der Waals surface area contributed by atoms with Crippen molar-refractivity contribution in [3.05, 3.63) is 77.4 Å². The Labute approximate surface area is 216 Å². The summed E-state index contributed by atoms with van der Waals surface area (Å²) in [6.07, 6.45) is 4.19. The number of hydrogen-bond donors (Lipinski definition) is 3. The van der Waals surface area contributed by atoms with E-state index in [1.165, 1.54) is 25.2 Å². The molecule has 3 aromatic rings. The lowest BCUT2D eigenvalue weighted by Gasteiger charge is -2.25. The van der Waals surface area contributed by atoms with Gasteiger partial charge < -0.3 is 10.4 Å². The summed E-state index contributed by atoms with van der Waals surface area (Å²) in [7, 11) is -2.15. The molecule has 0 saturated heterocycles. The van der Waals surface area contributed by atoms with Crippen LogP contribution in [0.5, 0.6) is 5.75 Å². The Hall–Kier alpha value is -3.87. The summed E-state index contributed by atoms with van der Waals surface area (Å²) in [5, 5.41) is 22.4. The Balaban J connectivity index is 1.40. The molecule has 0 aromatic heterocycles. The van der Waals surface area contributed by atoms with E-state index in [2.05, 4.69) is 22.2 Å². The van der Waals surface area contributed by atoms with Crippen LogP contribution in [0.1, 0.15) is 42.4 Å². The molecule has 1 saturated carbocycles. The van der Waals surface area contributed by atoms with Gasteiger partial charge in [0.15, 0.2) is 0 Å². The summed E-state index contributed by atoms with van der Waals surface area (Å²) >= 11 is 0. The number of carbonyl (C=O) groups excluding carboxylic acids is 1. The van der Waals surface area contributed by atoms with Crippen LogP contribution in [0.4, 0.5) is 10.5 Å². The Bertz CT molecular complexity index is 1500. The predicted octanol–water partition coefficient (Wildman–Crippen LogP) is 4.38. The molecule has 3 aromatic carbocycles. The molecule has 0 atom stereocenters. The molecule has 2 amide bonds. The molecule has 9 heteroatoms. The molecule has 1 heterocycles. The first-order valence-electron chi connectivity index (χ1n) is 12.2. The highest BCUT2D eigenvalue weighted by molar-refractivity contribution is 7.89. The number of anilines is 1. The standard InChI is InChI=1S/C28H28N4O4S/c1-30-37(35,36)23-8-4-19(5-9-23)17-31-27(34)32-18-28(12-2-3-13-28)25-15-20(6-11-26(25)32)24-10-7-22(33)14-21(24)16-29/h4-11,14-15,30,33H,2-3,12-13,17-18H2,1H3,(H,31,34). The van der Waals surface area contributed by atoms with Gasteiger partial charge in [0.05, 0.1) is 16.5 Å². The first kappa shape index (κ1) is 24.8. The van der Waals surface area contributed by atoms with Crippen LogP contribution in [-0.2, 0) is 22.0 Å². The number of rotatable bonds is 5. The molecule has 1 spiro atoms. The van der Waals surface area contributed by atoms with Gasteiger partial charge in [-0.05, 0) is 84.6 Å². The van der Waals surface area contributed by atoms with Gasteiger partial charge in [0.25, 0.3) is 0 Å². The first-order valence-corrected chi connectivity index (χ1v) is 13.7. The maximum absolute atomic E-state index is 13.3. The van der Waals surface area contributed by atoms with Crippen LogP contribution in [0.2, 0.25) is 0 Å². The van der Waals surface area contributed by atoms with E-state index in [-0.39, 0.29) is 28.6 Å². The zero-order valence-corrected chi connectivity index (χ0v) is 21.3. The lowest BCUT2D eigenvalue weighted by atomic mass is 9.79. The lowest BCUT2D eigenvalue weighted by Crippen LogP contribution is -2.41. The molecule has 190 valence electrons. The number of urea groups is 1. The van der Waals surface area contributed by atoms with Gasteiger partial charge in [-0.2, -0.15) is 5.26 Å². The minimum Gasteiger partial charge on any atom is -0.508 e. The fourth-order valence-electron chi connectivity index (χ4n) is 5.55. The number of nitrogens with one attached hydrogen (secondary N) is 2. The van der Waals surface area contributed by atoms with Gasteiger partial charge in [0.1, 0.15) is 5.75 Å². The number of nitrogens with zero attached hydrogens (tertiary/aromatic N) is 2. The summed E-state index contributed by atoms with van der Waals surface area (Å²) < 4.78 is 26.2. The highest BCUT2D eigenvalue weighted by atomic mass is 32.2. The average molecular weight is 517 g/mol. The lowest BCUT2D eigenvalue weighted by molar-refractivity contribution is 0.245. The Morgan fingerprint density at radius 1 is 1.08 bits per heavy atom. The molecular weight excluding hydrogens is 488 g/mol. The third-order valence-electron chi connectivity index (χ3n) is 7.51. The molecule has 1 aliphatic heterocycles. The third kappa shape index (κ3) is 4.54. The van der Waals surface area contributed by atoms with Crippen molar-refractivity contribution in [1.82, 2.24) is 10.0 Å². The smallest absolute Gasteiger partial charge is 0.322 e. The normalized spacial score (nSPS) is 15.9. The molecule has 2 aliphatic rings. The second-order valence-electron chi connectivity index (χ2n) is 9.66. The minimum absolute atomic E-state index is 0.0508. The van der Waals surface area contributed by atoms with Crippen LogP contribution < -0.4 is 14.9 Å². The molecule has 0 bridgehead atoms. The van der Waals surface area contributed by atoms with E-state index >= 15 is 0 Å². The maximum atomic E-state index is 13.3. The Kier molecular flexibility index (Phi) is 6.40. The SMILES string of the molecule is CNS(=O)(=O)c1ccc(CNC(=O)N2CC3(CCCC3)c3cc(-c4ccc(O)cc4C#N)ccc32)cc1. The summed E-state index contributed by atoms with van der Waals surface area (Å²) in [6.45, 7) is 0.867. The van der Waals surface area contributed by atoms with Crippen LogP contribution in [-0.4, -0.2) is 33.1 Å². The molecule has 5 rings (SSSR count). The van der Waals surface area contributed by atoms with Gasteiger partial charge in [0, 0.05) is 24.2 Å². The van der Waals surface area contributed by atoms with Crippen LogP contribution in [0, 0.1) is 11.3 Å². The predicted molar refractivity (Wildman–Crippen MR) is 141 cm³/mol. The first-order chi connectivity index (χ1) is 17.8. The van der Waals surface area contributed by atoms with Crippen LogP contribution in [0.25, 0.3) is 11.1 Å². The van der Waals surface area contributed by atoms with Crippen molar-refractivity contribution >= 4 is 21.7 Å². The number of amides is 2. The highest BCUT2D eigenvalue weighted by Gasteiger charge is 2.46. The molecule has 3 N–H and O–H groups in total. The van der Waals surface area contributed by atoms with E-state index in [4.69, 9.17) is 0 Å². The van der Waals surface area contributed by atoms with Crippen LogP contribution in [0.15, 0.2) is 65.6 Å². The quantitative estimate of drug-likeness (QED) is 0.465. The number of fused-ring (bicyclic) bond motifs is 2. The van der Waals surface area contributed by atoms with Crippen molar-refractivity contribution in [2.75, 3.05) is 18.5 Å². The fraction of sp³-hybridized carbons (Fsp3) is 0.286. The van der Waals surface area contributed by atoms with E-state index in [0.717, 1.165) is 53.6 Å². The van der Waals surface area contributed by atoms with Gasteiger partial charge in [-0.15, -0.1) is 0 Å². The van der Waals surface area contributed by atoms with Crippen molar-refractivity contribution in [2.24, 2.45) is 0 Å². The van der Waals surface area contributed by atoms with Crippen molar-refractivity contribution in [3.63, 3.8) is 0 Å². The number of carbonyl (C=O) groups is 1. The Morgan fingerprint density at radius 2 is 1.81 bits per heavy atom. The summed E-state index contributed by atoms with van der Waals surface area (Å²) in [4.78, 5) is 15.3. The van der Waals surface area contributed by atoms with E-state index in [1.54, 1.807) is 29.2 Å². The largest absolute Gasteiger partial charge is 0.508 e. The molecule has 1 aliphatic carbocycles. The maximum Gasteiger partial charge on any atom is 0.322 e. The summed E-state index contributed by atoms with van der Waals surface area (Å²) in [6, 6.07) is 19.2.